The molecule has 0 N–H and O–H groups in total. The molecule has 18 heavy (non-hydrogen) atoms. The van der Waals surface area contributed by atoms with E-state index in [0.29, 0.717) is 5.75 Å². The Balaban J connectivity index is 2.47. The summed E-state index contributed by atoms with van der Waals surface area (Å²) in [5.41, 5.74) is 1.15. The maximum Gasteiger partial charge on any atom is 0.303 e. The van der Waals surface area contributed by atoms with E-state index >= 15 is 0 Å². The molecule has 0 aliphatic heterocycles. The molecule has 5 heteroatoms. The third kappa shape index (κ3) is 5.60. The molecule has 0 aliphatic rings. The fraction of sp³-hybridized carbons (Fsp3) is 0.385. The summed E-state index contributed by atoms with van der Waals surface area (Å²) in [5, 5.41) is 10.4. The van der Waals surface area contributed by atoms with Gasteiger partial charge in [0, 0.05) is 12.7 Å². The van der Waals surface area contributed by atoms with Crippen LogP contribution in [0.3, 0.4) is 0 Å². The van der Waals surface area contributed by atoms with Crippen LogP contribution in [0.4, 0.5) is 0 Å². The monoisotopic (exact) mass is 265 g/mol. The van der Waals surface area contributed by atoms with Gasteiger partial charge in [-0.1, -0.05) is 17.7 Å². The van der Waals surface area contributed by atoms with Gasteiger partial charge >= 0.3 is 5.97 Å². The van der Waals surface area contributed by atoms with Crippen LogP contribution in [0.15, 0.2) is 24.3 Å². The average molecular weight is 265 g/mol. The average Bonchev–Trinajstić information content (AvgIpc) is 2.34. The van der Waals surface area contributed by atoms with Crippen molar-refractivity contribution in [3.05, 3.63) is 29.8 Å². The number of carbonyl (C=O) groups excluding carboxylic acids is 1. The van der Waals surface area contributed by atoms with Crippen molar-refractivity contribution in [3.63, 3.8) is 0 Å². The van der Waals surface area contributed by atoms with Crippen LogP contribution in [-0.2, 0) is 9.53 Å². The summed E-state index contributed by atoms with van der Waals surface area (Å²) < 4.78 is 10.6. The molecule has 0 saturated heterocycles. The van der Waals surface area contributed by atoms with E-state index in [9.17, 15) is 4.79 Å². The zero-order valence-corrected chi connectivity index (χ0v) is 11.2. The fourth-order valence-electron chi connectivity index (χ4n) is 1.30. The lowest BCUT2D eigenvalue weighted by molar-refractivity contribution is -0.146. The van der Waals surface area contributed by atoms with Gasteiger partial charge in [0.05, 0.1) is 0 Å². The Kier molecular flexibility index (Phi) is 6.09. The topological polar surface area (TPSA) is 59.3 Å². The van der Waals surface area contributed by atoms with Crippen molar-refractivity contribution in [3.8, 4) is 11.2 Å². The summed E-state index contributed by atoms with van der Waals surface area (Å²) >= 11 is 1.04. The number of hydrogen-bond donors (Lipinski definition) is 0. The van der Waals surface area contributed by atoms with Crippen molar-refractivity contribution in [1.29, 1.82) is 5.26 Å². The number of nitrogens with zero attached hydrogens (tertiary/aromatic N) is 1. The molecule has 1 atom stereocenters. The molecule has 0 aliphatic carbocycles. The van der Waals surface area contributed by atoms with Crippen LogP contribution in [0, 0.1) is 17.6 Å². The second kappa shape index (κ2) is 7.62. The van der Waals surface area contributed by atoms with Crippen LogP contribution < -0.4 is 4.74 Å². The van der Waals surface area contributed by atoms with Gasteiger partial charge in [0.15, 0.2) is 0 Å². The third-order valence-electron chi connectivity index (χ3n) is 2.12. The molecule has 1 aromatic carbocycles. The number of hydrogen-bond acceptors (Lipinski definition) is 5. The second-order valence-electron chi connectivity index (χ2n) is 3.76. The van der Waals surface area contributed by atoms with Gasteiger partial charge in [0.2, 0.25) is 0 Å². The smallest absolute Gasteiger partial charge is 0.303 e. The summed E-state index contributed by atoms with van der Waals surface area (Å²) in [7, 11) is 0. The molecule has 0 spiro atoms. The summed E-state index contributed by atoms with van der Waals surface area (Å²) in [6, 6.07) is 7.61. The Morgan fingerprint density at radius 3 is 2.67 bits per heavy atom. The number of ether oxygens (including phenoxy) is 2. The highest BCUT2D eigenvalue weighted by atomic mass is 32.2. The number of thioether (sulfide) groups is 1. The van der Waals surface area contributed by atoms with Gasteiger partial charge in [0.1, 0.15) is 23.9 Å². The van der Waals surface area contributed by atoms with E-state index in [2.05, 4.69) is 0 Å². The molecular formula is C13H15NO3S. The molecule has 0 aromatic heterocycles. The quantitative estimate of drug-likeness (QED) is 0.584. The zero-order chi connectivity index (χ0) is 13.4. The van der Waals surface area contributed by atoms with Gasteiger partial charge in [-0.2, -0.15) is 5.26 Å². The number of thiocyanates is 1. The highest BCUT2D eigenvalue weighted by Crippen LogP contribution is 2.13. The molecule has 0 bridgehead atoms. The minimum absolute atomic E-state index is 0.247. The SMILES string of the molecule is CC(=O)O[C@H](COc1ccc(C)cc1)CSC#N. The maximum absolute atomic E-state index is 10.9. The fourth-order valence-corrected chi connectivity index (χ4v) is 1.73. The highest BCUT2D eigenvalue weighted by Gasteiger charge is 2.13. The number of esters is 1. The van der Waals surface area contributed by atoms with Crippen molar-refractivity contribution in [2.75, 3.05) is 12.4 Å². The lowest BCUT2D eigenvalue weighted by Crippen LogP contribution is -2.26. The van der Waals surface area contributed by atoms with E-state index in [1.54, 1.807) is 0 Å². The zero-order valence-electron chi connectivity index (χ0n) is 10.4. The standard InChI is InChI=1S/C13H15NO3S/c1-10-3-5-12(6-4-10)16-7-13(8-18-9-14)17-11(2)15/h3-6,13H,7-8H2,1-2H3/t13-/m1/s1. The van der Waals surface area contributed by atoms with E-state index in [-0.39, 0.29) is 12.6 Å². The van der Waals surface area contributed by atoms with Crippen molar-refractivity contribution in [2.24, 2.45) is 0 Å². The van der Waals surface area contributed by atoms with E-state index < -0.39 is 6.10 Å². The Hall–Kier alpha value is -1.67. The Morgan fingerprint density at radius 2 is 2.11 bits per heavy atom. The molecule has 4 nitrogen and oxygen atoms in total. The normalized spacial score (nSPS) is 11.4. The number of rotatable bonds is 6. The maximum atomic E-state index is 10.9. The first kappa shape index (κ1) is 14.4. The molecular weight excluding hydrogens is 250 g/mol. The number of benzene rings is 1. The van der Waals surface area contributed by atoms with Crippen LogP contribution in [0.25, 0.3) is 0 Å². The van der Waals surface area contributed by atoms with Gasteiger partial charge in [0.25, 0.3) is 0 Å². The molecule has 0 unspecified atom stereocenters. The first-order valence-electron chi connectivity index (χ1n) is 5.49. The summed E-state index contributed by atoms with van der Waals surface area (Å²) in [5.74, 6) is 0.757. The predicted molar refractivity (Wildman–Crippen MR) is 70.3 cm³/mol. The largest absolute Gasteiger partial charge is 0.490 e. The lowest BCUT2D eigenvalue weighted by Gasteiger charge is -2.16. The molecule has 1 rings (SSSR count). The molecule has 0 fully saturated rings. The first-order valence-corrected chi connectivity index (χ1v) is 6.48. The van der Waals surface area contributed by atoms with Crippen LogP contribution >= 0.6 is 11.8 Å². The van der Waals surface area contributed by atoms with Gasteiger partial charge in [-0.05, 0) is 30.8 Å². The van der Waals surface area contributed by atoms with Crippen LogP contribution in [-0.4, -0.2) is 24.4 Å². The number of aryl methyl sites for hydroxylation is 1. The van der Waals surface area contributed by atoms with Crippen LogP contribution in [0.2, 0.25) is 0 Å². The van der Waals surface area contributed by atoms with Crippen molar-refractivity contribution >= 4 is 17.7 Å². The predicted octanol–water partition coefficient (Wildman–Crippen LogP) is 2.52. The Labute approximate surface area is 111 Å². The molecule has 0 saturated carbocycles. The van der Waals surface area contributed by atoms with Crippen molar-refractivity contribution in [1.82, 2.24) is 0 Å². The van der Waals surface area contributed by atoms with Gasteiger partial charge < -0.3 is 9.47 Å². The minimum Gasteiger partial charge on any atom is -0.490 e. The van der Waals surface area contributed by atoms with E-state index in [4.69, 9.17) is 14.7 Å². The van der Waals surface area contributed by atoms with Crippen molar-refractivity contribution < 1.29 is 14.3 Å². The molecule has 0 heterocycles. The van der Waals surface area contributed by atoms with E-state index in [1.165, 1.54) is 6.92 Å². The number of nitriles is 1. The number of carbonyl (C=O) groups is 1. The van der Waals surface area contributed by atoms with Crippen LogP contribution in [0.1, 0.15) is 12.5 Å². The summed E-state index contributed by atoms with van der Waals surface area (Å²) in [6.45, 7) is 3.59. The minimum atomic E-state index is -0.409. The van der Waals surface area contributed by atoms with E-state index in [1.807, 2.05) is 36.6 Å². The van der Waals surface area contributed by atoms with Gasteiger partial charge in [-0.15, -0.1) is 0 Å². The summed E-state index contributed by atoms with van der Waals surface area (Å²) in [6.07, 6.45) is -0.409. The van der Waals surface area contributed by atoms with Gasteiger partial charge in [-0.25, -0.2) is 0 Å². The van der Waals surface area contributed by atoms with E-state index in [0.717, 1.165) is 23.1 Å². The Morgan fingerprint density at radius 1 is 1.44 bits per heavy atom. The molecule has 1 aromatic rings. The first-order chi connectivity index (χ1) is 8.61. The Bertz CT molecular complexity index is 425. The second-order valence-corrected chi connectivity index (χ2v) is 4.56. The van der Waals surface area contributed by atoms with Gasteiger partial charge in [-0.3, -0.25) is 4.79 Å². The molecule has 0 radical (unpaired) electrons. The molecule has 0 amide bonds. The summed E-state index contributed by atoms with van der Waals surface area (Å²) in [4.78, 5) is 10.9. The van der Waals surface area contributed by atoms with Crippen LogP contribution in [0.5, 0.6) is 5.75 Å². The lowest BCUT2D eigenvalue weighted by atomic mass is 10.2. The van der Waals surface area contributed by atoms with Crippen molar-refractivity contribution in [2.45, 2.75) is 20.0 Å². The molecule has 96 valence electrons. The highest BCUT2D eigenvalue weighted by molar-refractivity contribution is 8.03. The third-order valence-corrected chi connectivity index (χ3v) is 2.79.